The van der Waals surface area contributed by atoms with Crippen molar-refractivity contribution in [3.8, 4) is 0 Å². The minimum atomic E-state index is -1.00. The smallest absolute Gasteiger partial charge is 0.322 e. The SMILES string of the molecule is CC1CC(C)CN(C(C(=O)NCC(=O)O)C(C)C)C1. The van der Waals surface area contributed by atoms with E-state index in [4.69, 9.17) is 5.11 Å². The fourth-order valence-electron chi connectivity index (χ4n) is 3.10. The molecular formula is C14H26N2O3. The van der Waals surface area contributed by atoms with Crippen LogP contribution < -0.4 is 5.32 Å². The molecule has 1 saturated heterocycles. The maximum absolute atomic E-state index is 12.2. The maximum Gasteiger partial charge on any atom is 0.322 e. The van der Waals surface area contributed by atoms with Crippen LogP contribution in [0.3, 0.4) is 0 Å². The minimum Gasteiger partial charge on any atom is -0.480 e. The number of carboxylic acids is 1. The number of aliphatic carboxylic acids is 1. The number of carbonyl (C=O) groups excluding carboxylic acids is 1. The molecule has 0 bridgehead atoms. The molecule has 0 spiro atoms. The van der Waals surface area contributed by atoms with Crippen molar-refractivity contribution in [2.75, 3.05) is 19.6 Å². The van der Waals surface area contributed by atoms with Crippen LogP contribution in [0.5, 0.6) is 0 Å². The van der Waals surface area contributed by atoms with Gasteiger partial charge in [-0.25, -0.2) is 0 Å². The first-order valence-corrected chi connectivity index (χ1v) is 7.04. The van der Waals surface area contributed by atoms with Crippen LogP contribution in [-0.2, 0) is 9.59 Å². The number of carbonyl (C=O) groups is 2. The van der Waals surface area contributed by atoms with E-state index in [-0.39, 0.29) is 24.4 Å². The number of nitrogens with one attached hydrogen (secondary N) is 1. The third kappa shape index (κ3) is 4.82. The zero-order valence-electron chi connectivity index (χ0n) is 12.3. The Bertz CT molecular complexity index is 321. The molecule has 0 aromatic carbocycles. The second-order valence-corrected chi connectivity index (χ2v) is 6.20. The van der Waals surface area contributed by atoms with Crippen molar-refractivity contribution in [3.63, 3.8) is 0 Å². The molecule has 3 atom stereocenters. The normalized spacial score (nSPS) is 26.2. The summed E-state index contributed by atoms with van der Waals surface area (Å²) in [5.41, 5.74) is 0. The zero-order chi connectivity index (χ0) is 14.6. The van der Waals surface area contributed by atoms with Crippen LogP contribution >= 0.6 is 0 Å². The van der Waals surface area contributed by atoms with Crippen LogP contribution in [0.4, 0.5) is 0 Å². The molecule has 1 rings (SSSR count). The molecule has 1 heterocycles. The van der Waals surface area contributed by atoms with Gasteiger partial charge in [0, 0.05) is 13.1 Å². The first-order valence-electron chi connectivity index (χ1n) is 7.04. The topological polar surface area (TPSA) is 69.6 Å². The maximum atomic E-state index is 12.2. The van der Waals surface area contributed by atoms with Crippen LogP contribution in [-0.4, -0.2) is 47.6 Å². The molecule has 0 radical (unpaired) electrons. The number of carboxylic acid groups (broad SMARTS) is 1. The Hall–Kier alpha value is -1.10. The van der Waals surface area contributed by atoms with Crippen LogP contribution in [0.25, 0.3) is 0 Å². The molecule has 3 unspecified atom stereocenters. The van der Waals surface area contributed by atoms with Gasteiger partial charge in [-0.2, -0.15) is 0 Å². The molecule has 110 valence electrons. The first-order chi connectivity index (χ1) is 8.81. The van der Waals surface area contributed by atoms with Gasteiger partial charge in [-0.15, -0.1) is 0 Å². The summed E-state index contributed by atoms with van der Waals surface area (Å²) in [4.78, 5) is 24.9. The van der Waals surface area contributed by atoms with Gasteiger partial charge in [-0.05, 0) is 24.2 Å². The molecule has 0 aromatic rings. The van der Waals surface area contributed by atoms with Gasteiger partial charge in [0.25, 0.3) is 0 Å². The Balaban J connectivity index is 2.70. The van der Waals surface area contributed by atoms with Crippen LogP contribution in [0.2, 0.25) is 0 Å². The number of likely N-dealkylation sites (tertiary alicyclic amines) is 1. The Labute approximate surface area is 115 Å². The average molecular weight is 270 g/mol. The summed E-state index contributed by atoms with van der Waals surface area (Å²) in [6.07, 6.45) is 1.19. The van der Waals surface area contributed by atoms with Gasteiger partial charge in [-0.3, -0.25) is 14.5 Å². The molecular weight excluding hydrogens is 244 g/mol. The largest absolute Gasteiger partial charge is 0.480 e. The Kier molecular flexibility index (Phi) is 5.79. The lowest BCUT2D eigenvalue weighted by Gasteiger charge is -2.40. The van der Waals surface area contributed by atoms with Crippen LogP contribution in [0.1, 0.15) is 34.1 Å². The fourth-order valence-corrected chi connectivity index (χ4v) is 3.10. The van der Waals surface area contributed by atoms with Crippen molar-refractivity contribution in [1.29, 1.82) is 0 Å². The predicted octanol–water partition coefficient (Wildman–Crippen LogP) is 1.19. The lowest BCUT2D eigenvalue weighted by atomic mass is 9.89. The highest BCUT2D eigenvalue weighted by atomic mass is 16.4. The third-order valence-corrected chi connectivity index (χ3v) is 3.60. The summed E-state index contributed by atoms with van der Waals surface area (Å²) in [5.74, 6) is 0.163. The molecule has 19 heavy (non-hydrogen) atoms. The summed E-state index contributed by atoms with van der Waals surface area (Å²) in [7, 11) is 0. The third-order valence-electron chi connectivity index (χ3n) is 3.60. The zero-order valence-corrected chi connectivity index (χ0v) is 12.3. The van der Waals surface area contributed by atoms with Crippen LogP contribution in [0.15, 0.2) is 0 Å². The van der Waals surface area contributed by atoms with E-state index in [0.29, 0.717) is 11.8 Å². The van der Waals surface area contributed by atoms with E-state index in [1.54, 1.807) is 0 Å². The molecule has 1 aliphatic heterocycles. The predicted molar refractivity (Wildman–Crippen MR) is 73.8 cm³/mol. The van der Waals surface area contributed by atoms with Gasteiger partial charge in [0.2, 0.25) is 5.91 Å². The highest BCUT2D eigenvalue weighted by Crippen LogP contribution is 2.25. The van der Waals surface area contributed by atoms with Crippen molar-refractivity contribution >= 4 is 11.9 Å². The fraction of sp³-hybridized carbons (Fsp3) is 0.857. The molecule has 2 N–H and O–H groups in total. The lowest BCUT2D eigenvalue weighted by molar-refractivity contribution is -0.139. The van der Waals surface area contributed by atoms with Gasteiger partial charge in [0.05, 0.1) is 6.04 Å². The van der Waals surface area contributed by atoms with E-state index in [0.717, 1.165) is 13.1 Å². The minimum absolute atomic E-state index is 0.168. The molecule has 0 saturated carbocycles. The molecule has 0 aliphatic carbocycles. The van der Waals surface area contributed by atoms with Gasteiger partial charge in [-0.1, -0.05) is 27.7 Å². The first kappa shape index (κ1) is 16.0. The van der Waals surface area contributed by atoms with E-state index >= 15 is 0 Å². The molecule has 5 heteroatoms. The Morgan fingerprint density at radius 1 is 1.26 bits per heavy atom. The van der Waals surface area contributed by atoms with Crippen LogP contribution in [0, 0.1) is 17.8 Å². The number of hydrogen-bond acceptors (Lipinski definition) is 3. The van der Waals surface area contributed by atoms with Gasteiger partial charge in [0.15, 0.2) is 0 Å². The summed E-state index contributed by atoms with van der Waals surface area (Å²) >= 11 is 0. The summed E-state index contributed by atoms with van der Waals surface area (Å²) in [5, 5.41) is 11.2. The highest BCUT2D eigenvalue weighted by Gasteiger charge is 2.33. The Morgan fingerprint density at radius 3 is 2.21 bits per heavy atom. The van der Waals surface area contributed by atoms with E-state index in [1.165, 1.54) is 6.42 Å². The number of amides is 1. The second kappa shape index (κ2) is 6.89. The Morgan fingerprint density at radius 2 is 1.79 bits per heavy atom. The standard InChI is InChI=1S/C14H26N2O3/c1-9(2)13(14(19)15-6-12(17)18)16-7-10(3)5-11(4)8-16/h9-11,13H,5-8H2,1-4H3,(H,15,19)(H,17,18). The molecule has 1 amide bonds. The van der Waals surface area contributed by atoms with Gasteiger partial charge in [0.1, 0.15) is 6.54 Å². The quantitative estimate of drug-likeness (QED) is 0.787. The second-order valence-electron chi connectivity index (χ2n) is 6.20. The van der Waals surface area contributed by atoms with Crippen molar-refractivity contribution in [3.05, 3.63) is 0 Å². The molecule has 1 aliphatic rings. The summed E-state index contributed by atoms with van der Waals surface area (Å²) in [6.45, 7) is 9.94. The summed E-state index contributed by atoms with van der Waals surface area (Å²) in [6, 6.07) is -0.232. The van der Waals surface area contributed by atoms with Crippen molar-refractivity contribution < 1.29 is 14.7 Å². The van der Waals surface area contributed by atoms with Gasteiger partial charge >= 0.3 is 5.97 Å². The monoisotopic (exact) mass is 270 g/mol. The van der Waals surface area contributed by atoms with E-state index in [1.807, 2.05) is 13.8 Å². The molecule has 1 fully saturated rings. The van der Waals surface area contributed by atoms with E-state index in [9.17, 15) is 9.59 Å². The van der Waals surface area contributed by atoms with E-state index in [2.05, 4.69) is 24.1 Å². The highest BCUT2D eigenvalue weighted by molar-refractivity contribution is 5.85. The average Bonchev–Trinajstić information content (AvgIpc) is 2.24. The number of hydrogen-bond donors (Lipinski definition) is 2. The molecule has 5 nitrogen and oxygen atoms in total. The van der Waals surface area contributed by atoms with Gasteiger partial charge < -0.3 is 10.4 Å². The summed E-state index contributed by atoms with van der Waals surface area (Å²) < 4.78 is 0. The number of rotatable bonds is 5. The lowest BCUT2D eigenvalue weighted by Crippen LogP contribution is -2.54. The number of nitrogens with zero attached hydrogens (tertiary/aromatic N) is 1. The van der Waals surface area contributed by atoms with Crippen molar-refractivity contribution in [2.24, 2.45) is 17.8 Å². The molecule has 0 aromatic heterocycles. The van der Waals surface area contributed by atoms with Crippen molar-refractivity contribution in [2.45, 2.75) is 40.2 Å². The van der Waals surface area contributed by atoms with E-state index < -0.39 is 5.97 Å². The number of piperidine rings is 1. The van der Waals surface area contributed by atoms with Crippen molar-refractivity contribution in [1.82, 2.24) is 10.2 Å².